The van der Waals surface area contributed by atoms with Gasteiger partial charge in [-0.15, -0.1) is 0 Å². The normalized spacial score (nSPS) is 10.4. The van der Waals surface area contributed by atoms with E-state index in [4.69, 9.17) is 33.5 Å². The van der Waals surface area contributed by atoms with Gasteiger partial charge in [0.05, 0.1) is 30.6 Å². The number of halogens is 1. The SMILES string of the molecule is COC(=O)c1nc(-c2cc(CN)c(OC)cc2N)cc(N)c1Cl. The van der Waals surface area contributed by atoms with Gasteiger partial charge in [-0.1, -0.05) is 11.6 Å². The summed E-state index contributed by atoms with van der Waals surface area (Å²) in [5, 5.41) is 0.0340. The standard InChI is InChI=1S/C15H17ClN4O3/c1-22-12-5-9(18)8(3-7(12)6-17)11-4-10(19)13(16)14(20-11)15(21)23-2/h3-5H,6,17-18H2,1-2H3,(H2,19,20). The van der Waals surface area contributed by atoms with E-state index in [0.717, 1.165) is 5.56 Å². The molecule has 1 heterocycles. The number of nitrogens with zero attached hydrogens (tertiary/aromatic N) is 1. The zero-order valence-corrected chi connectivity index (χ0v) is 13.5. The van der Waals surface area contributed by atoms with Crippen molar-refractivity contribution in [2.24, 2.45) is 5.73 Å². The summed E-state index contributed by atoms with van der Waals surface area (Å²) in [4.78, 5) is 16.0. The molecule has 1 aromatic heterocycles. The number of pyridine rings is 1. The summed E-state index contributed by atoms with van der Waals surface area (Å²) in [6, 6.07) is 4.92. The van der Waals surface area contributed by atoms with Crippen molar-refractivity contribution in [1.82, 2.24) is 4.98 Å². The molecule has 2 aromatic rings. The number of rotatable bonds is 4. The fraction of sp³-hybridized carbons (Fsp3) is 0.200. The number of methoxy groups -OCH3 is 2. The van der Waals surface area contributed by atoms with Crippen LogP contribution in [0.15, 0.2) is 18.2 Å². The minimum atomic E-state index is -0.685. The molecule has 8 heteroatoms. The summed E-state index contributed by atoms with van der Waals surface area (Å²) in [5.74, 6) is -0.112. The van der Waals surface area contributed by atoms with Gasteiger partial charge in [0.1, 0.15) is 5.75 Å². The van der Waals surface area contributed by atoms with Crippen molar-refractivity contribution in [1.29, 1.82) is 0 Å². The van der Waals surface area contributed by atoms with Crippen LogP contribution in [0.25, 0.3) is 11.3 Å². The summed E-state index contributed by atoms with van der Waals surface area (Å²) >= 11 is 6.01. The van der Waals surface area contributed by atoms with Crippen LogP contribution in [0.2, 0.25) is 5.02 Å². The summed E-state index contributed by atoms with van der Waals surface area (Å²) in [6.45, 7) is 0.253. The Balaban J connectivity index is 2.67. The first kappa shape index (κ1) is 16.9. The van der Waals surface area contributed by atoms with Gasteiger partial charge >= 0.3 is 5.97 Å². The number of nitrogens with two attached hydrogens (primary N) is 3. The molecule has 0 saturated carbocycles. The Morgan fingerprint density at radius 1 is 1.22 bits per heavy atom. The molecule has 0 unspecified atom stereocenters. The molecule has 0 amide bonds. The molecule has 0 saturated heterocycles. The number of benzene rings is 1. The monoisotopic (exact) mass is 336 g/mol. The molecule has 1 aromatic carbocycles. The third-order valence-electron chi connectivity index (χ3n) is 3.31. The van der Waals surface area contributed by atoms with Crippen LogP contribution in [0.5, 0.6) is 5.75 Å². The zero-order chi connectivity index (χ0) is 17.1. The summed E-state index contributed by atoms with van der Waals surface area (Å²) in [6.07, 6.45) is 0. The molecular weight excluding hydrogens is 320 g/mol. The Kier molecular flexibility index (Phi) is 4.92. The lowest BCUT2D eigenvalue weighted by molar-refractivity contribution is 0.0594. The Labute approximate surface area is 138 Å². The molecule has 122 valence electrons. The molecular formula is C15H17ClN4O3. The van der Waals surface area contributed by atoms with Gasteiger partial charge in [0.15, 0.2) is 5.69 Å². The molecule has 0 bridgehead atoms. The minimum absolute atomic E-state index is 0.0340. The van der Waals surface area contributed by atoms with E-state index in [-0.39, 0.29) is 22.9 Å². The largest absolute Gasteiger partial charge is 0.496 e. The number of hydrogen-bond donors (Lipinski definition) is 3. The van der Waals surface area contributed by atoms with Crippen LogP contribution < -0.4 is 21.9 Å². The second-order valence-corrected chi connectivity index (χ2v) is 5.08. The maximum atomic E-state index is 11.8. The number of aromatic nitrogens is 1. The second kappa shape index (κ2) is 6.72. The number of anilines is 2. The molecule has 0 radical (unpaired) electrons. The second-order valence-electron chi connectivity index (χ2n) is 4.71. The van der Waals surface area contributed by atoms with E-state index in [9.17, 15) is 4.79 Å². The predicted molar refractivity (Wildman–Crippen MR) is 89.3 cm³/mol. The molecule has 0 aliphatic rings. The van der Waals surface area contributed by atoms with Crippen LogP contribution in [0.4, 0.5) is 11.4 Å². The zero-order valence-electron chi connectivity index (χ0n) is 12.7. The number of nitrogen functional groups attached to an aromatic ring is 2. The highest BCUT2D eigenvalue weighted by Crippen LogP contribution is 2.34. The van der Waals surface area contributed by atoms with Gasteiger partial charge < -0.3 is 26.7 Å². The smallest absolute Gasteiger partial charge is 0.358 e. The van der Waals surface area contributed by atoms with E-state index < -0.39 is 5.97 Å². The average Bonchev–Trinajstić information content (AvgIpc) is 2.56. The van der Waals surface area contributed by atoms with Crippen molar-refractivity contribution in [3.63, 3.8) is 0 Å². The van der Waals surface area contributed by atoms with Gasteiger partial charge in [0.25, 0.3) is 0 Å². The Morgan fingerprint density at radius 2 is 1.91 bits per heavy atom. The number of carbonyl (C=O) groups is 1. The lowest BCUT2D eigenvalue weighted by atomic mass is 10.0. The van der Waals surface area contributed by atoms with Crippen molar-refractivity contribution in [3.05, 3.63) is 34.5 Å². The van der Waals surface area contributed by atoms with Gasteiger partial charge in [-0.2, -0.15) is 0 Å². The van der Waals surface area contributed by atoms with E-state index in [2.05, 4.69) is 9.72 Å². The van der Waals surface area contributed by atoms with Gasteiger partial charge in [0, 0.05) is 29.4 Å². The van der Waals surface area contributed by atoms with Crippen LogP contribution in [0, 0.1) is 0 Å². The van der Waals surface area contributed by atoms with E-state index in [1.807, 2.05) is 0 Å². The van der Waals surface area contributed by atoms with Crippen molar-refractivity contribution >= 4 is 28.9 Å². The fourth-order valence-electron chi connectivity index (χ4n) is 2.13. The fourth-order valence-corrected chi connectivity index (χ4v) is 2.30. The van der Waals surface area contributed by atoms with Crippen LogP contribution in [-0.4, -0.2) is 25.2 Å². The molecule has 0 spiro atoms. The van der Waals surface area contributed by atoms with Crippen LogP contribution in [-0.2, 0) is 11.3 Å². The summed E-state index contributed by atoms with van der Waals surface area (Å²) < 4.78 is 9.89. The maximum Gasteiger partial charge on any atom is 0.358 e. The third-order valence-corrected chi connectivity index (χ3v) is 3.71. The molecule has 23 heavy (non-hydrogen) atoms. The third kappa shape index (κ3) is 3.15. The van der Waals surface area contributed by atoms with E-state index in [1.54, 1.807) is 12.1 Å². The van der Waals surface area contributed by atoms with Crippen LogP contribution in [0.3, 0.4) is 0 Å². The highest BCUT2D eigenvalue weighted by atomic mass is 35.5. The predicted octanol–water partition coefficient (Wildman–Crippen LogP) is 1.82. The van der Waals surface area contributed by atoms with Crippen molar-refractivity contribution in [3.8, 4) is 17.0 Å². The number of carbonyl (C=O) groups excluding carboxylic acids is 1. The number of esters is 1. The topological polar surface area (TPSA) is 126 Å². The Morgan fingerprint density at radius 3 is 2.48 bits per heavy atom. The first-order valence-electron chi connectivity index (χ1n) is 6.64. The maximum absolute atomic E-state index is 11.8. The quantitative estimate of drug-likeness (QED) is 0.574. The highest BCUT2D eigenvalue weighted by molar-refractivity contribution is 6.35. The van der Waals surface area contributed by atoms with Gasteiger partial charge in [-0.25, -0.2) is 9.78 Å². The summed E-state index contributed by atoms with van der Waals surface area (Å²) in [5.41, 5.74) is 19.9. The van der Waals surface area contributed by atoms with E-state index in [0.29, 0.717) is 22.7 Å². The Hall–Kier alpha value is -2.51. The minimum Gasteiger partial charge on any atom is -0.496 e. The Bertz CT molecular complexity index is 765. The first-order chi connectivity index (χ1) is 10.9. The van der Waals surface area contributed by atoms with E-state index >= 15 is 0 Å². The van der Waals surface area contributed by atoms with Gasteiger partial charge in [-0.3, -0.25) is 0 Å². The number of ether oxygens (including phenoxy) is 2. The molecule has 0 aliphatic heterocycles. The van der Waals surface area contributed by atoms with Crippen LogP contribution in [0.1, 0.15) is 16.1 Å². The molecule has 2 rings (SSSR count). The molecule has 6 N–H and O–H groups in total. The summed E-state index contributed by atoms with van der Waals surface area (Å²) in [7, 11) is 2.76. The van der Waals surface area contributed by atoms with Crippen molar-refractivity contribution in [2.75, 3.05) is 25.7 Å². The molecule has 0 fully saturated rings. The number of hydrogen-bond acceptors (Lipinski definition) is 7. The lowest BCUT2D eigenvalue weighted by Gasteiger charge is -2.14. The van der Waals surface area contributed by atoms with Crippen LogP contribution >= 0.6 is 11.6 Å². The lowest BCUT2D eigenvalue weighted by Crippen LogP contribution is -2.09. The average molecular weight is 337 g/mol. The van der Waals surface area contributed by atoms with Gasteiger partial charge in [-0.05, 0) is 12.1 Å². The molecule has 0 atom stereocenters. The van der Waals surface area contributed by atoms with Crippen molar-refractivity contribution in [2.45, 2.75) is 6.54 Å². The van der Waals surface area contributed by atoms with Gasteiger partial charge in [0.2, 0.25) is 0 Å². The first-order valence-corrected chi connectivity index (χ1v) is 7.01. The molecule has 0 aliphatic carbocycles. The van der Waals surface area contributed by atoms with Crippen molar-refractivity contribution < 1.29 is 14.3 Å². The molecule has 7 nitrogen and oxygen atoms in total. The highest BCUT2D eigenvalue weighted by Gasteiger charge is 2.19. The van der Waals surface area contributed by atoms with E-state index in [1.165, 1.54) is 20.3 Å².